The molecule has 0 saturated carbocycles. The molecule has 1 saturated heterocycles. The number of benzene rings is 1. The van der Waals surface area contributed by atoms with Crippen molar-refractivity contribution in [2.45, 2.75) is 32.1 Å². The molecule has 0 radical (unpaired) electrons. The van der Waals surface area contributed by atoms with Crippen molar-refractivity contribution < 1.29 is 9.47 Å². The van der Waals surface area contributed by atoms with Gasteiger partial charge in [-0.15, -0.1) is 24.0 Å². The fourth-order valence-corrected chi connectivity index (χ4v) is 3.06. The highest BCUT2D eigenvalue weighted by Gasteiger charge is 2.08. The van der Waals surface area contributed by atoms with E-state index < -0.39 is 0 Å². The van der Waals surface area contributed by atoms with E-state index in [4.69, 9.17) is 9.47 Å². The van der Waals surface area contributed by atoms with Crippen molar-refractivity contribution in [2.75, 3.05) is 58.9 Å². The number of likely N-dealkylation sites (tertiary alicyclic amines) is 1. The van der Waals surface area contributed by atoms with E-state index in [1.807, 2.05) is 24.3 Å². The van der Waals surface area contributed by atoms with E-state index in [1.165, 1.54) is 38.8 Å². The Labute approximate surface area is 181 Å². The Balaban J connectivity index is 0.00000364. The largest absolute Gasteiger partial charge is 0.493 e. The van der Waals surface area contributed by atoms with Crippen LogP contribution in [0.2, 0.25) is 0 Å². The Bertz CT molecular complexity index is 534. The number of aliphatic imine (C=N–C) groups is 1. The maximum atomic E-state index is 5.75. The number of anilines is 1. The van der Waals surface area contributed by atoms with Crippen LogP contribution in [-0.2, 0) is 4.74 Å². The molecule has 1 heterocycles. The van der Waals surface area contributed by atoms with Crippen molar-refractivity contribution in [3.63, 3.8) is 0 Å². The second-order valence-electron chi connectivity index (χ2n) is 6.60. The first-order chi connectivity index (χ1) is 12.8. The lowest BCUT2D eigenvalue weighted by Gasteiger charge is -2.20. The Kier molecular flexibility index (Phi) is 13.3. The number of nitrogens with one attached hydrogen (secondary N) is 2. The van der Waals surface area contributed by atoms with Gasteiger partial charge in [-0.3, -0.25) is 4.99 Å². The fraction of sp³-hybridized carbons (Fsp3) is 0.650. The van der Waals surface area contributed by atoms with Crippen LogP contribution in [-0.4, -0.2) is 64.4 Å². The highest BCUT2D eigenvalue weighted by molar-refractivity contribution is 14.0. The van der Waals surface area contributed by atoms with Crippen LogP contribution in [0.25, 0.3) is 0 Å². The summed E-state index contributed by atoms with van der Waals surface area (Å²) in [5, 5.41) is 6.74. The highest BCUT2D eigenvalue weighted by atomic mass is 127. The lowest BCUT2D eigenvalue weighted by atomic mass is 10.2. The summed E-state index contributed by atoms with van der Waals surface area (Å²) in [6.07, 6.45) is 6.27. The van der Waals surface area contributed by atoms with E-state index in [0.717, 1.165) is 36.9 Å². The van der Waals surface area contributed by atoms with Crippen LogP contribution in [0.5, 0.6) is 5.75 Å². The van der Waals surface area contributed by atoms with Crippen molar-refractivity contribution in [2.24, 2.45) is 4.99 Å². The number of rotatable bonds is 9. The molecule has 27 heavy (non-hydrogen) atoms. The van der Waals surface area contributed by atoms with Gasteiger partial charge in [-0.1, -0.05) is 18.9 Å². The molecule has 7 heteroatoms. The van der Waals surface area contributed by atoms with Crippen molar-refractivity contribution in [1.82, 2.24) is 10.2 Å². The topological polar surface area (TPSA) is 58.1 Å². The Morgan fingerprint density at radius 2 is 1.93 bits per heavy atom. The molecule has 0 spiro atoms. The van der Waals surface area contributed by atoms with Crippen molar-refractivity contribution in [3.05, 3.63) is 24.3 Å². The smallest absolute Gasteiger partial charge is 0.195 e. The highest BCUT2D eigenvalue weighted by Crippen LogP contribution is 2.17. The first kappa shape index (κ1) is 24.0. The normalized spacial score (nSPS) is 15.6. The average Bonchev–Trinajstić information content (AvgIpc) is 2.94. The first-order valence-corrected chi connectivity index (χ1v) is 9.73. The van der Waals surface area contributed by atoms with Gasteiger partial charge in [0, 0.05) is 52.0 Å². The van der Waals surface area contributed by atoms with Crippen LogP contribution < -0.4 is 15.4 Å². The third-order valence-electron chi connectivity index (χ3n) is 4.50. The molecule has 2 N–H and O–H groups in total. The van der Waals surface area contributed by atoms with Gasteiger partial charge in [0.2, 0.25) is 0 Å². The predicted octanol–water partition coefficient (Wildman–Crippen LogP) is 3.58. The molecule has 0 unspecified atom stereocenters. The number of halogens is 1. The summed E-state index contributed by atoms with van der Waals surface area (Å²) in [4.78, 5) is 6.86. The molecule has 6 nitrogen and oxygen atoms in total. The van der Waals surface area contributed by atoms with Gasteiger partial charge < -0.3 is 25.0 Å². The number of methoxy groups -OCH3 is 1. The van der Waals surface area contributed by atoms with Crippen LogP contribution in [0.4, 0.5) is 5.69 Å². The average molecular weight is 490 g/mol. The van der Waals surface area contributed by atoms with E-state index >= 15 is 0 Å². The molecule has 154 valence electrons. The van der Waals surface area contributed by atoms with Crippen LogP contribution in [0.1, 0.15) is 32.1 Å². The van der Waals surface area contributed by atoms with E-state index in [9.17, 15) is 0 Å². The summed E-state index contributed by atoms with van der Waals surface area (Å²) in [6, 6.07) is 7.96. The molecule has 0 aliphatic carbocycles. The summed E-state index contributed by atoms with van der Waals surface area (Å²) in [5.41, 5.74) is 0.970. The van der Waals surface area contributed by atoms with Crippen molar-refractivity contribution in [1.29, 1.82) is 0 Å². The monoisotopic (exact) mass is 490 g/mol. The summed E-state index contributed by atoms with van der Waals surface area (Å²) < 4.78 is 10.8. The number of ether oxygens (including phenoxy) is 2. The van der Waals surface area contributed by atoms with Gasteiger partial charge in [0.25, 0.3) is 0 Å². The zero-order chi connectivity index (χ0) is 18.5. The van der Waals surface area contributed by atoms with E-state index in [2.05, 4.69) is 20.5 Å². The van der Waals surface area contributed by atoms with Crippen molar-refractivity contribution >= 4 is 35.6 Å². The van der Waals surface area contributed by atoms with Gasteiger partial charge in [-0.25, -0.2) is 0 Å². The van der Waals surface area contributed by atoms with Gasteiger partial charge in [-0.2, -0.15) is 0 Å². The molecule has 1 aliphatic heterocycles. The standard InChI is InChI=1S/C20H34N4O2.HI/c1-21-20(22-11-14-24-12-5-3-4-6-13-24)23-18-9-7-10-19(17-18)26-16-8-15-25-2;/h7,9-10,17H,3-6,8,11-16H2,1-2H3,(H2,21,22,23);1H. The minimum absolute atomic E-state index is 0. The molecular weight excluding hydrogens is 455 g/mol. The molecule has 2 rings (SSSR count). The summed E-state index contributed by atoms with van der Waals surface area (Å²) >= 11 is 0. The predicted molar refractivity (Wildman–Crippen MR) is 124 cm³/mol. The molecule has 0 amide bonds. The zero-order valence-electron chi connectivity index (χ0n) is 16.7. The van der Waals surface area contributed by atoms with E-state index in [0.29, 0.717) is 13.2 Å². The second-order valence-corrected chi connectivity index (χ2v) is 6.60. The third-order valence-corrected chi connectivity index (χ3v) is 4.50. The number of hydrogen-bond acceptors (Lipinski definition) is 4. The van der Waals surface area contributed by atoms with Gasteiger partial charge in [-0.05, 0) is 38.1 Å². The third kappa shape index (κ3) is 10.2. The SMILES string of the molecule is CN=C(NCCN1CCCCCC1)Nc1cccc(OCCCOC)c1.I. The minimum atomic E-state index is 0. The van der Waals surface area contributed by atoms with Gasteiger partial charge >= 0.3 is 0 Å². The second kappa shape index (κ2) is 14.9. The van der Waals surface area contributed by atoms with Gasteiger partial charge in [0.1, 0.15) is 5.75 Å². The summed E-state index contributed by atoms with van der Waals surface area (Å²) in [6.45, 7) is 5.76. The number of guanidine groups is 1. The molecule has 0 atom stereocenters. The van der Waals surface area contributed by atoms with Crippen LogP contribution in [0.3, 0.4) is 0 Å². The molecule has 1 aromatic rings. The zero-order valence-corrected chi connectivity index (χ0v) is 19.0. The summed E-state index contributed by atoms with van der Waals surface area (Å²) in [5.74, 6) is 1.64. The lowest BCUT2D eigenvalue weighted by Crippen LogP contribution is -2.38. The van der Waals surface area contributed by atoms with Crippen LogP contribution in [0, 0.1) is 0 Å². The Morgan fingerprint density at radius 3 is 2.63 bits per heavy atom. The number of hydrogen-bond donors (Lipinski definition) is 2. The molecule has 1 aliphatic rings. The van der Waals surface area contributed by atoms with E-state index in [1.54, 1.807) is 14.2 Å². The first-order valence-electron chi connectivity index (χ1n) is 9.73. The fourth-order valence-electron chi connectivity index (χ4n) is 3.06. The maximum Gasteiger partial charge on any atom is 0.195 e. The minimum Gasteiger partial charge on any atom is -0.493 e. The quantitative estimate of drug-likeness (QED) is 0.240. The Morgan fingerprint density at radius 1 is 1.15 bits per heavy atom. The van der Waals surface area contributed by atoms with E-state index in [-0.39, 0.29) is 24.0 Å². The lowest BCUT2D eigenvalue weighted by molar-refractivity contribution is 0.172. The van der Waals surface area contributed by atoms with Gasteiger partial charge in [0.05, 0.1) is 6.61 Å². The maximum absolute atomic E-state index is 5.75. The van der Waals surface area contributed by atoms with Gasteiger partial charge in [0.15, 0.2) is 5.96 Å². The molecular formula is C20H35IN4O2. The Hall–Kier alpha value is -1.06. The molecule has 0 bridgehead atoms. The molecule has 1 fully saturated rings. The number of nitrogens with zero attached hydrogens (tertiary/aromatic N) is 2. The summed E-state index contributed by atoms with van der Waals surface area (Å²) in [7, 11) is 3.50. The van der Waals surface area contributed by atoms with Crippen LogP contribution in [0.15, 0.2) is 29.3 Å². The van der Waals surface area contributed by atoms with Crippen molar-refractivity contribution in [3.8, 4) is 5.75 Å². The van der Waals surface area contributed by atoms with Crippen LogP contribution >= 0.6 is 24.0 Å². The molecule has 1 aromatic carbocycles. The molecule has 0 aromatic heterocycles.